The molecule has 0 amide bonds. The van der Waals surface area contributed by atoms with Crippen molar-refractivity contribution in [3.8, 4) is 0 Å². The largest absolute Gasteiger partial charge is 0.393 e. The second-order valence-corrected chi connectivity index (χ2v) is 10.7. The lowest BCUT2D eigenvalue weighted by Crippen LogP contribution is -2.75. The summed E-state index contributed by atoms with van der Waals surface area (Å²) in [6.45, 7) is 4.06. The summed E-state index contributed by atoms with van der Waals surface area (Å²) in [5.41, 5.74) is -0.941. The molecule has 1 spiro atoms. The molecule has 13 atom stereocenters. The van der Waals surface area contributed by atoms with Gasteiger partial charge in [0, 0.05) is 68.7 Å². The van der Waals surface area contributed by atoms with Gasteiger partial charge in [0.2, 0.25) is 0 Å². The van der Waals surface area contributed by atoms with Crippen LogP contribution in [-0.4, -0.2) is 83.6 Å². The van der Waals surface area contributed by atoms with Crippen molar-refractivity contribution in [1.82, 2.24) is 4.90 Å². The SMILES string of the molecule is CCN1CC2C(O)CC(OC)C34C2CC(C13)C1(O)CC(OC)C2CC4C1C2O. The van der Waals surface area contributed by atoms with Crippen molar-refractivity contribution in [2.45, 2.75) is 68.7 Å². The van der Waals surface area contributed by atoms with Crippen LogP contribution in [0.3, 0.4) is 0 Å². The quantitative estimate of drug-likeness (QED) is 0.647. The molecule has 5 saturated carbocycles. The van der Waals surface area contributed by atoms with E-state index < -0.39 is 11.7 Å². The van der Waals surface area contributed by atoms with Gasteiger partial charge in [-0.1, -0.05) is 6.92 Å². The van der Waals surface area contributed by atoms with E-state index in [0.29, 0.717) is 18.8 Å². The standard InChI is InChI=1S/C22H35NO5/c1-4-23-9-11-12-6-14-20(23)22(12,17(28-3)7-15(11)24)13-5-10-16(27-2)8-21(14,26)18(13)19(10)25/h10-20,24-26H,4-9H2,1-3H3. The van der Waals surface area contributed by atoms with Gasteiger partial charge in [0.05, 0.1) is 30.0 Å². The highest BCUT2D eigenvalue weighted by molar-refractivity contribution is 5.32. The zero-order chi connectivity index (χ0) is 19.6. The van der Waals surface area contributed by atoms with Crippen LogP contribution in [0.25, 0.3) is 0 Å². The number of likely N-dealkylation sites (tertiary alicyclic amines) is 1. The number of hydrogen-bond acceptors (Lipinski definition) is 6. The number of piperidine rings is 1. The topological polar surface area (TPSA) is 82.4 Å². The number of nitrogens with zero attached hydrogens (tertiary/aromatic N) is 1. The van der Waals surface area contributed by atoms with Gasteiger partial charge in [-0.15, -0.1) is 0 Å². The molecule has 1 aliphatic heterocycles. The van der Waals surface area contributed by atoms with Crippen molar-refractivity contribution in [1.29, 1.82) is 0 Å². The van der Waals surface area contributed by atoms with E-state index in [4.69, 9.17) is 9.47 Å². The summed E-state index contributed by atoms with van der Waals surface area (Å²) < 4.78 is 11.9. The number of fused-ring (bicyclic) bond motifs is 2. The van der Waals surface area contributed by atoms with Gasteiger partial charge in [0.15, 0.2) is 0 Å². The fourth-order valence-electron chi connectivity index (χ4n) is 9.94. The lowest BCUT2D eigenvalue weighted by Gasteiger charge is -2.67. The molecule has 7 bridgehead atoms. The van der Waals surface area contributed by atoms with Crippen molar-refractivity contribution in [2.24, 2.45) is 40.9 Å². The van der Waals surface area contributed by atoms with Gasteiger partial charge < -0.3 is 24.8 Å². The van der Waals surface area contributed by atoms with E-state index in [-0.39, 0.29) is 59.4 Å². The molecule has 158 valence electrons. The summed E-state index contributed by atoms with van der Waals surface area (Å²) in [6, 6.07) is 0.281. The Labute approximate surface area is 167 Å². The van der Waals surface area contributed by atoms with Gasteiger partial charge >= 0.3 is 0 Å². The Kier molecular flexibility index (Phi) is 3.78. The number of aliphatic hydroxyl groups is 3. The fourth-order valence-corrected chi connectivity index (χ4v) is 9.94. The highest BCUT2D eigenvalue weighted by Gasteiger charge is 2.82. The Morgan fingerprint density at radius 1 is 1.00 bits per heavy atom. The molecule has 6 aliphatic rings. The maximum atomic E-state index is 12.2. The minimum absolute atomic E-state index is 0.00445. The van der Waals surface area contributed by atoms with Gasteiger partial charge in [-0.2, -0.15) is 0 Å². The van der Waals surface area contributed by atoms with Crippen LogP contribution in [0.2, 0.25) is 0 Å². The molecule has 6 fully saturated rings. The first-order valence-corrected chi connectivity index (χ1v) is 11.3. The van der Waals surface area contributed by atoms with Crippen molar-refractivity contribution in [3.63, 3.8) is 0 Å². The molecule has 0 radical (unpaired) electrons. The van der Waals surface area contributed by atoms with E-state index in [0.717, 1.165) is 25.9 Å². The van der Waals surface area contributed by atoms with Crippen LogP contribution in [0.5, 0.6) is 0 Å². The molecule has 6 heteroatoms. The third-order valence-electron chi connectivity index (χ3n) is 10.5. The molecule has 0 aromatic carbocycles. The zero-order valence-corrected chi connectivity index (χ0v) is 17.2. The number of aliphatic hydroxyl groups excluding tert-OH is 2. The predicted octanol–water partition coefficient (Wildman–Crippen LogP) is 0.485. The van der Waals surface area contributed by atoms with E-state index >= 15 is 0 Å². The summed E-state index contributed by atoms with van der Waals surface area (Å²) in [6.07, 6.45) is 2.27. The van der Waals surface area contributed by atoms with Gasteiger partial charge in [0.25, 0.3) is 0 Å². The summed E-state index contributed by atoms with van der Waals surface area (Å²) in [4.78, 5) is 2.54. The first-order chi connectivity index (χ1) is 13.4. The average molecular weight is 394 g/mol. The van der Waals surface area contributed by atoms with E-state index in [1.54, 1.807) is 14.2 Å². The molecule has 0 aromatic rings. The molecular formula is C22H35NO5. The first kappa shape index (κ1) is 18.5. The van der Waals surface area contributed by atoms with E-state index in [9.17, 15) is 15.3 Å². The summed E-state index contributed by atoms with van der Waals surface area (Å²) in [5.74, 6) is 1.02. The minimum atomic E-state index is -0.878. The van der Waals surface area contributed by atoms with E-state index in [1.807, 2.05) is 0 Å². The van der Waals surface area contributed by atoms with Gasteiger partial charge in [-0.05, 0) is 31.2 Å². The lowest BCUT2D eigenvalue weighted by molar-refractivity contribution is -0.269. The summed E-state index contributed by atoms with van der Waals surface area (Å²) in [7, 11) is 3.52. The van der Waals surface area contributed by atoms with Crippen molar-refractivity contribution < 1.29 is 24.8 Å². The number of rotatable bonds is 3. The highest BCUT2D eigenvalue weighted by Crippen LogP contribution is 2.77. The third kappa shape index (κ3) is 1.76. The molecule has 28 heavy (non-hydrogen) atoms. The maximum Gasteiger partial charge on any atom is 0.0771 e. The Balaban J connectivity index is 1.58. The molecule has 6 nitrogen and oxygen atoms in total. The number of hydrogen-bond donors (Lipinski definition) is 3. The van der Waals surface area contributed by atoms with Crippen LogP contribution < -0.4 is 0 Å². The predicted molar refractivity (Wildman–Crippen MR) is 101 cm³/mol. The fraction of sp³-hybridized carbons (Fsp3) is 1.00. The molecule has 5 aliphatic carbocycles. The van der Waals surface area contributed by atoms with E-state index in [2.05, 4.69) is 11.8 Å². The summed E-state index contributed by atoms with van der Waals surface area (Å²) >= 11 is 0. The summed E-state index contributed by atoms with van der Waals surface area (Å²) in [5, 5.41) is 34.5. The van der Waals surface area contributed by atoms with Gasteiger partial charge in [0.1, 0.15) is 0 Å². The monoisotopic (exact) mass is 393 g/mol. The van der Waals surface area contributed by atoms with Crippen molar-refractivity contribution in [3.05, 3.63) is 0 Å². The van der Waals surface area contributed by atoms with Crippen LogP contribution in [0.1, 0.15) is 32.6 Å². The normalized spacial score (nSPS) is 64.3. The molecular weight excluding hydrogens is 358 g/mol. The Morgan fingerprint density at radius 2 is 1.79 bits per heavy atom. The molecule has 3 N–H and O–H groups in total. The smallest absolute Gasteiger partial charge is 0.0771 e. The van der Waals surface area contributed by atoms with Crippen molar-refractivity contribution in [2.75, 3.05) is 27.3 Å². The van der Waals surface area contributed by atoms with Crippen LogP contribution in [0.4, 0.5) is 0 Å². The third-order valence-corrected chi connectivity index (χ3v) is 10.5. The zero-order valence-electron chi connectivity index (χ0n) is 17.2. The number of ether oxygens (including phenoxy) is 2. The van der Waals surface area contributed by atoms with Crippen molar-refractivity contribution >= 4 is 0 Å². The van der Waals surface area contributed by atoms with E-state index in [1.165, 1.54) is 0 Å². The molecule has 6 rings (SSSR count). The molecule has 1 saturated heterocycles. The molecule has 1 heterocycles. The second-order valence-electron chi connectivity index (χ2n) is 10.7. The average Bonchev–Trinajstić information content (AvgIpc) is 3.07. The van der Waals surface area contributed by atoms with Crippen LogP contribution in [0.15, 0.2) is 0 Å². The van der Waals surface area contributed by atoms with Gasteiger partial charge in [-0.25, -0.2) is 0 Å². The lowest BCUT2D eigenvalue weighted by atomic mass is 9.45. The Morgan fingerprint density at radius 3 is 2.46 bits per heavy atom. The maximum absolute atomic E-state index is 12.2. The van der Waals surface area contributed by atoms with Crippen LogP contribution in [0, 0.1) is 40.9 Å². The van der Waals surface area contributed by atoms with Crippen LogP contribution in [-0.2, 0) is 9.47 Å². The molecule has 0 aromatic heterocycles. The highest BCUT2D eigenvalue weighted by atomic mass is 16.5. The Bertz CT molecular complexity index is 675. The number of methoxy groups -OCH3 is 2. The minimum Gasteiger partial charge on any atom is -0.393 e. The van der Waals surface area contributed by atoms with Crippen LogP contribution >= 0.6 is 0 Å². The second kappa shape index (κ2) is 5.71. The first-order valence-electron chi connectivity index (χ1n) is 11.3. The van der Waals surface area contributed by atoms with Gasteiger partial charge in [-0.3, -0.25) is 4.90 Å². The molecule has 13 unspecified atom stereocenters. The Hall–Kier alpha value is -0.240.